The fraction of sp³-hybridized carbons (Fsp3) is 0.125. The quantitative estimate of drug-likeness (QED) is 0.282. The molecule has 0 radical (unpaired) electrons. The van der Waals surface area contributed by atoms with Gasteiger partial charge >= 0.3 is 0 Å². The molecule has 5 N–H and O–H groups in total. The van der Waals surface area contributed by atoms with Gasteiger partial charge in [0.05, 0.1) is 6.54 Å². The zero-order valence-corrected chi connectivity index (χ0v) is 7.75. The molecular weight excluding hydrogens is 188 g/mol. The van der Waals surface area contributed by atoms with Crippen LogP contribution in [0.3, 0.4) is 0 Å². The fourth-order valence-corrected chi connectivity index (χ4v) is 0.938. The number of halogens is 1. The largest absolute Gasteiger partial charge is 0.369 e. The van der Waals surface area contributed by atoms with Crippen LogP contribution in [0.4, 0.5) is 0 Å². The average molecular weight is 199 g/mol. The van der Waals surface area contributed by atoms with Gasteiger partial charge < -0.3 is 5.73 Å². The highest BCUT2D eigenvalue weighted by molar-refractivity contribution is 6.30. The van der Waals surface area contributed by atoms with E-state index in [0.717, 1.165) is 5.56 Å². The van der Waals surface area contributed by atoms with Crippen LogP contribution in [0, 0.1) is 0 Å². The lowest BCUT2D eigenvalue weighted by Crippen LogP contribution is -2.37. The van der Waals surface area contributed by atoms with Crippen LogP contribution in [-0.2, 0) is 6.54 Å². The van der Waals surface area contributed by atoms with E-state index in [1.807, 2.05) is 12.1 Å². The number of hydrazine groups is 1. The minimum absolute atomic E-state index is 0.218. The van der Waals surface area contributed by atoms with E-state index in [1.54, 1.807) is 12.1 Å². The Kier molecular flexibility index (Phi) is 3.54. The molecule has 1 aromatic carbocycles. The topological polar surface area (TPSA) is 76.4 Å². The second-order valence-corrected chi connectivity index (χ2v) is 2.91. The highest BCUT2D eigenvalue weighted by Gasteiger charge is 1.91. The van der Waals surface area contributed by atoms with Gasteiger partial charge in [0.25, 0.3) is 0 Å². The van der Waals surface area contributed by atoms with Crippen LogP contribution in [0.2, 0.25) is 5.02 Å². The molecule has 1 aromatic rings. The average Bonchev–Trinajstić information content (AvgIpc) is 2.16. The van der Waals surface area contributed by atoms with Gasteiger partial charge in [-0.15, -0.1) is 0 Å². The van der Waals surface area contributed by atoms with Crippen LogP contribution < -0.4 is 17.0 Å². The van der Waals surface area contributed by atoms with Gasteiger partial charge in [0.1, 0.15) is 0 Å². The van der Waals surface area contributed by atoms with Crippen molar-refractivity contribution < 1.29 is 0 Å². The van der Waals surface area contributed by atoms with Gasteiger partial charge in [-0.25, -0.2) is 10.8 Å². The third-order valence-electron chi connectivity index (χ3n) is 1.49. The van der Waals surface area contributed by atoms with E-state index in [0.29, 0.717) is 11.6 Å². The second kappa shape index (κ2) is 4.69. The predicted molar refractivity (Wildman–Crippen MR) is 54.1 cm³/mol. The van der Waals surface area contributed by atoms with Gasteiger partial charge in [-0.1, -0.05) is 23.7 Å². The standard InChI is InChI=1S/C8H11ClN4/c9-7-3-1-6(2-4-7)5-12-8(10)13-11/h1-4H,5,11H2,(H3,10,12,13). The summed E-state index contributed by atoms with van der Waals surface area (Å²) in [6, 6.07) is 7.38. The molecule has 0 atom stereocenters. The summed E-state index contributed by atoms with van der Waals surface area (Å²) in [5.74, 6) is 5.25. The predicted octanol–water partition coefficient (Wildman–Crippen LogP) is 0.618. The van der Waals surface area contributed by atoms with Crippen molar-refractivity contribution in [2.75, 3.05) is 0 Å². The Hall–Kier alpha value is -1.26. The first-order chi connectivity index (χ1) is 6.22. The molecule has 0 saturated heterocycles. The van der Waals surface area contributed by atoms with Crippen molar-refractivity contribution in [2.24, 2.45) is 16.6 Å². The van der Waals surface area contributed by atoms with Gasteiger partial charge in [-0.2, -0.15) is 0 Å². The van der Waals surface area contributed by atoms with Gasteiger partial charge in [-0.05, 0) is 17.7 Å². The number of hydrogen-bond acceptors (Lipinski definition) is 2. The minimum Gasteiger partial charge on any atom is -0.369 e. The molecule has 0 aliphatic heterocycles. The van der Waals surface area contributed by atoms with E-state index in [4.69, 9.17) is 23.2 Å². The number of nitrogens with two attached hydrogens (primary N) is 2. The molecule has 5 heteroatoms. The van der Waals surface area contributed by atoms with Gasteiger partial charge in [0.15, 0.2) is 0 Å². The Morgan fingerprint density at radius 2 is 2.00 bits per heavy atom. The number of aliphatic imine (C=N–C) groups is 1. The normalized spacial score (nSPS) is 11.4. The number of benzene rings is 1. The molecule has 13 heavy (non-hydrogen) atoms. The molecule has 0 saturated carbocycles. The molecule has 0 spiro atoms. The third-order valence-corrected chi connectivity index (χ3v) is 1.75. The van der Waals surface area contributed by atoms with Crippen molar-refractivity contribution in [3.05, 3.63) is 34.9 Å². The molecule has 70 valence electrons. The Balaban J connectivity index is 2.60. The molecular formula is C8H11ClN4. The molecule has 0 fully saturated rings. The van der Waals surface area contributed by atoms with Gasteiger partial charge in [0, 0.05) is 5.02 Å². The molecule has 4 nitrogen and oxygen atoms in total. The summed E-state index contributed by atoms with van der Waals surface area (Å²) in [4.78, 5) is 3.96. The fourth-order valence-electron chi connectivity index (χ4n) is 0.812. The number of guanidine groups is 1. The molecule has 0 aliphatic carbocycles. The first-order valence-corrected chi connectivity index (χ1v) is 4.11. The SMILES string of the molecule is NNC(N)=NCc1ccc(Cl)cc1. The third kappa shape index (κ3) is 3.31. The molecule has 0 unspecified atom stereocenters. The van der Waals surface area contributed by atoms with E-state index in [9.17, 15) is 0 Å². The second-order valence-electron chi connectivity index (χ2n) is 2.47. The Morgan fingerprint density at radius 3 is 2.54 bits per heavy atom. The summed E-state index contributed by atoms with van der Waals surface area (Å²) in [5, 5.41) is 0.706. The molecule has 1 rings (SSSR count). The number of nitrogens with zero attached hydrogens (tertiary/aromatic N) is 1. The lowest BCUT2D eigenvalue weighted by Gasteiger charge is -1.99. The number of nitrogens with one attached hydrogen (secondary N) is 1. The minimum atomic E-state index is 0.218. The maximum Gasteiger partial charge on any atom is 0.203 e. The zero-order chi connectivity index (χ0) is 9.68. The van der Waals surface area contributed by atoms with Crippen molar-refractivity contribution in [1.82, 2.24) is 5.43 Å². The zero-order valence-electron chi connectivity index (χ0n) is 7.00. The van der Waals surface area contributed by atoms with Crippen LogP contribution in [0.5, 0.6) is 0 Å². The van der Waals surface area contributed by atoms with Crippen molar-refractivity contribution >= 4 is 17.6 Å². The maximum absolute atomic E-state index is 5.71. The van der Waals surface area contributed by atoms with E-state index in [2.05, 4.69) is 10.4 Å². The molecule has 0 amide bonds. The van der Waals surface area contributed by atoms with E-state index < -0.39 is 0 Å². The van der Waals surface area contributed by atoms with Gasteiger partial charge in [0.2, 0.25) is 5.96 Å². The first kappa shape index (κ1) is 9.83. The van der Waals surface area contributed by atoms with Crippen LogP contribution in [0.1, 0.15) is 5.56 Å². The Morgan fingerprint density at radius 1 is 1.38 bits per heavy atom. The molecule has 0 bridgehead atoms. The van der Waals surface area contributed by atoms with Crippen molar-refractivity contribution in [3.63, 3.8) is 0 Å². The van der Waals surface area contributed by atoms with E-state index >= 15 is 0 Å². The van der Waals surface area contributed by atoms with Crippen LogP contribution in [-0.4, -0.2) is 5.96 Å². The highest BCUT2D eigenvalue weighted by atomic mass is 35.5. The van der Waals surface area contributed by atoms with Crippen molar-refractivity contribution in [3.8, 4) is 0 Å². The Labute approximate surface area is 81.6 Å². The number of hydrogen-bond donors (Lipinski definition) is 3. The lowest BCUT2D eigenvalue weighted by molar-refractivity contribution is 0.958. The van der Waals surface area contributed by atoms with Crippen molar-refractivity contribution in [1.29, 1.82) is 0 Å². The Bertz CT molecular complexity index is 294. The first-order valence-electron chi connectivity index (χ1n) is 3.73. The number of rotatable bonds is 2. The van der Waals surface area contributed by atoms with E-state index in [-0.39, 0.29) is 5.96 Å². The van der Waals surface area contributed by atoms with Crippen LogP contribution >= 0.6 is 11.6 Å². The molecule has 0 aliphatic rings. The van der Waals surface area contributed by atoms with Crippen LogP contribution in [0.25, 0.3) is 0 Å². The smallest absolute Gasteiger partial charge is 0.203 e. The van der Waals surface area contributed by atoms with E-state index in [1.165, 1.54) is 0 Å². The summed E-state index contributed by atoms with van der Waals surface area (Å²) in [5.41, 5.74) is 8.62. The monoisotopic (exact) mass is 198 g/mol. The summed E-state index contributed by atoms with van der Waals surface area (Å²) in [6.07, 6.45) is 0. The van der Waals surface area contributed by atoms with Crippen molar-refractivity contribution in [2.45, 2.75) is 6.54 Å². The van der Waals surface area contributed by atoms with Gasteiger partial charge in [-0.3, -0.25) is 5.43 Å². The van der Waals surface area contributed by atoms with Crippen LogP contribution in [0.15, 0.2) is 29.3 Å². The lowest BCUT2D eigenvalue weighted by atomic mass is 10.2. The maximum atomic E-state index is 5.71. The molecule has 0 heterocycles. The summed E-state index contributed by atoms with van der Waals surface area (Å²) in [6.45, 7) is 0.493. The summed E-state index contributed by atoms with van der Waals surface area (Å²) < 4.78 is 0. The highest BCUT2D eigenvalue weighted by Crippen LogP contribution is 2.09. The summed E-state index contributed by atoms with van der Waals surface area (Å²) >= 11 is 5.71. The summed E-state index contributed by atoms with van der Waals surface area (Å²) in [7, 11) is 0. The molecule has 0 aromatic heterocycles.